The van der Waals surface area contributed by atoms with E-state index < -0.39 is 23.9 Å². The summed E-state index contributed by atoms with van der Waals surface area (Å²) in [6, 6.07) is 0. The van der Waals surface area contributed by atoms with Gasteiger partial charge in [-0.2, -0.15) is 0 Å². The SMILES string of the molecule is C=CC[C@](O)(C=O)[C@@H](O)[C@H](O)[C@@H](C)O. The summed E-state index contributed by atoms with van der Waals surface area (Å²) in [5, 5.41) is 37.1. The second-order valence-corrected chi connectivity index (χ2v) is 3.28. The molecule has 0 aromatic heterocycles. The Labute approximate surface area is 82.3 Å². The number of carbonyl (C=O) groups is 1. The molecule has 0 fully saturated rings. The van der Waals surface area contributed by atoms with E-state index in [0.29, 0.717) is 0 Å². The molecule has 0 aromatic rings. The minimum absolute atomic E-state index is 0.130. The van der Waals surface area contributed by atoms with Crippen LogP contribution in [0.2, 0.25) is 0 Å². The summed E-state index contributed by atoms with van der Waals surface area (Å²) in [6.07, 6.45) is -3.37. The third kappa shape index (κ3) is 2.88. The van der Waals surface area contributed by atoms with Crippen molar-refractivity contribution in [3.05, 3.63) is 12.7 Å². The van der Waals surface area contributed by atoms with Crippen molar-refractivity contribution in [3.8, 4) is 0 Å². The van der Waals surface area contributed by atoms with Crippen LogP contribution in [0.4, 0.5) is 0 Å². The number of aldehydes is 1. The number of aliphatic hydroxyl groups is 4. The van der Waals surface area contributed by atoms with E-state index in [2.05, 4.69) is 6.58 Å². The number of hydrogen-bond acceptors (Lipinski definition) is 5. The van der Waals surface area contributed by atoms with Crippen LogP contribution >= 0.6 is 0 Å². The van der Waals surface area contributed by atoms with Crippen LogP contribution in [0.15, 0.2) is 12.7 Å². The molecule has 4 N–H and O–H groups in total. The number of aliphatic hydroxyl groups excluding tert-OH is 3. The van der Waals surface area contributed by atoms with Gasteiger partial charge in [-0.05, 0) is 6.92 Å². The largest absolute Gasteiger partial charge is 0.391 e. The number of rotatable bonds is 6. The van der Waals surface area contributed by atoms with Crippen LogP contribution in [0.1, 0.15) is 13.3 Å². The number of carbonyl (C=O) groups excluding carboxylic acids is 1. The van der Waals surface area contributed by atoms with E-state index in [1.807, 2.05) is 0 Å². The lowest BCUT2D eigenvalue weighted by atomic mass is 9.89. The van der Waals surface area contributed by atoms with Gasteiger partial charge in [0, 0.05) is 6.42 Å². The lowest BCUT2D eigenvalue weighted by Gasteiger charge is -2.31. The van der Waals surface area contributed by atoms with Crippen LogP contribution in [0.25, 0.3) is 0 Å². The maximum atomic E-state index is 10.5. The Morgan fingerprint density at radius 3 is 2.21 bits per heavy atom. The van der Waals surface area contributed by atoms with Gasteiger partial charge in [-0.3, -0.25) is 0 Å². The highest BCUT2D eigenvalue weighted by Crippen LogP contribution is 2.18. The molecule has 0 heterocycles. The molecule has 0 rings (SSSR count). The third-order valence-corrected chi connectivity index (χ3v) is 2.01. The van der Waals surface area contributed by atoms with Crippen molar-refractivity contribution in [2.75, 3.05) is 0 Å². The van der Waals surface area contributed by atoms with Crippen LogP contribution < -0.4 is 0 Å². The summed E-state index contributed by atoms with van der Waals surface area (Å²) in [7, 11) is 0. The molecule has 4 atom stereocenters. The van der Waals surface area contributed by atoms with Crippen molar-refractivity contribution in [1.82, 2.24) is 0 Å². The maximum Gasteiger partial charge on any atom is 0.154 e. The van der Waals surface area contributed by atoms with Gasteiger partial charge in [0.2, 0.25) is 0 Å². The molecule has 82 valence electrons. The van der Waals surface area contributed by atoms with E-state index in [0.717, 1.165) is 0 Å². The second-order valence-electron chi connectivity index (χ2n) is 3.28. The normalized spacial score (nSPS) is 21.8. The predicted molar refractivity (Wildman–Crippen MR) is 49.5 cm³/mol. The molecule has 0 unspecified atom stereocenters. The summed E-state index contributed by atoms with van der Waals surface area (Å²) in [4.78, 5) is 10.5. The van der Waals surface area contributed by atoms with Crippen molar-refractivity contribution < 1.29 is 25.2 Å². The Morgan fingerprint density at radius 2 is 1.93 bits per heavy atom. The zero-order valence-electron chi connectivity index (χ0n) is 8.00. The van der Waals surface area contributed by atoms with Crippen molar-refractivity contribution in [2.45, 2.75) is 37.3 Å². The van der Waals surface area contributed by atoms with Gasteiger partial charge in [0.05, 0.1) is 6.10 Å². The van der Waals surface area contributed by atoms with Crippen molar-refractivity contribution in [1.29, 1.82) is 0 Å². The van der Waals surface area contributed by atoms with E-state index >= 15 is 0 Å². The molecule has 0 saturated heterocycles. The standard InChI is InChI=1S/C9H16O5/c1-3-4-9(14,5-10)8(13)7(12)6(2)11/h3,5-8,11-14H,1,4H2,2H3/t6-,7-,8+,9+/m1/s1. The fraction of sp³-hybridized carbons (Fsp3) is 0.667. The molecule has 5 nitrogen and oxygen atoms in total. The first-order valence-electron chi connectivity index (χ1n) is 4.23. The van der Waals surface area contributed by atoms with Crippen LogP contribution in [-0.4, -0.2) is 50.6 Å². The fourth-order valence-electron chi connectivity index (χ4n) is 1.03. The predicted octanol–water partition coefficient (Wildman–Crippen LogP) is -1.40. The highest BCUT2D eigenvalue weighted by molar-refractivity contribution is 5.63. The van der Waals surface area contributed by atoms with E-state index in [4.69, 9.17) is 5.11 Å². The Morgan fingerprint density at radius 1 is 1.43 bits per heavy atom. The van der Waals surface area contributed by atoms with Crippen LogP contribution in [0.5, 0.6) is 0 Å². The Kier molecular flexibility index (Phi) is 4.93. The van der Waals surface area contributed by atoms with Crippen LogP contribution in [0, 0.1) is 0 Å². The third-order valence-electron chi connectivity index (χ3n) is 2.01. The molecule has 0 spiro atoms. The molecule has 0 saturated carbocycles. The molecule has 0 aliphatic rings. The van der Waals surface area contributed by atoms with Gasteiger partial charge >= 0.3 is 0 Å². The van der Waals surface area contributed by atoms with E-state index in [9.17, 15) is 20.1 Å². The molecular weight excluding hydrogens is 188 g/mol. The first kappa shape index (κ1) is 13.2. The van der Waals surface area contributed by atoms with Crippen molar-refractivity contribution >= 4 is 6.29 Å². The Bertz CT molecular complexity index is 203. The fourth-order valence-corrected chi connectivity index (χ4v) is 1.03. The molecule has 0 aliphatic heterocycles. The minimum Gasteiger partial charge on any atom is -0.391 e. The smallest absolute Gasteiger partial charge is 0.154 e. The zero-order chi connectivity index (χ0) is 11.4. The summed E-state index contributed by atoms with van der Waals surface area (Å²) in [5.41, 5.74) is -2.10. The molecule has 5 heteroatoms. The van der Waals surface area contributed by atoms with E-state index in [1.54, 1.807) is 0 Å². The topological polar surface area (TPSA) is 98.0 Å². The molecular formula is C9H16O5. The molecule has 0 radical (unpaired) electrons. The molecule has 0 aliphatic carbocycles. The first-order valence-corrected chi connectivity index (χ1v) is 4.23. The van der Waals surface area contributed by atoms with Gasteiger partial charge in [-0.15, -0.1) is 6.58 Å². The van der Waals surface area contributed by atoms with Crippen molar-refractivity contribution in [2.24, 2.45) is 0 Å². The van der Waals surface area contributed by atoms with Gasteiger partial charge in [-0.1, -0.05) is 6.08 Å². The quantitative estimate of drug-likeness (QED) is 0.315. The van der Waals surface area contributed by atoms with Crippen LogP contribution in [-0.2, 0) is 4.79 Å². The van der Waals surface area contributed by atoms with Gasteiger partial charge in [0.1, 0.15) is 12.2 Å². The van der Waals surface area contributed by atoms with Crippen molar-refractivity contribution in [3.63, 3.8) is 0 Å². The Balaban J connectivity index is 4.67. The highest BCUT2D eigenvalue weighted by Gasteiger charge is 2.40. The first-order chi connectivity index (χ1) is 6.39. The van der Waals surface area contributed by atoms with Crippen LogP contribution in [0.3, 0.4) is 0 Å². The zero-order valence-corrected chi connectivity index (χ0v) is 8.00. The van der Waals surface area contributed by atoms with E-state index in [1.165, 1.54) is 13.0 Å². The number of hydrogen-bond donors (Lipinski definition) is 4. The maximum absolute atomic E-state index is 10.5. The minimum atomic E-state index is -2.10. The van der Waals surface area contributed by atoms with Gasteiger partial charge < -0.3 is 25.2 Å². The van der Waals surface area contributed by atoms with Gasteiger partial charge in [0.15, 0.2) is 11.9 Å². The highest BCUT2D eigenvalue weighted by atomic mass is 16.4. The summed E-state index contributed by atoms with van der Waals surface area (Å²) < 4.78 is 0. The average Bonchev–Trinajstić information content (AvgIpc) is 2.15. The molecule has 0 bridgehead atoms. The van der Waals surface area contributed by atoms with Gasteiger partial charge in [0.25, 0.3) is 0 Å². The lowest BCUT2D eigenvalue weighted by Crippen LogP contribution is -2.53. The summed E-state index contributed by atoms with van der Waals surface area (Å²) in [6.45, 7) is 4.55. The molecule has 0 aromatic carbocycles. The van der Waals surface area contributed by atoms with Gasteiger partial charge in [-0.25, -0.2) is 0 Å². The molecule has 0 amide bonds. The second kappa shape index (κ2) is 5.21. The monoisotopic (exact) mass is 204 g/mol. The molecule has 14 heavy (non-hydrogen) atoms. The summed E-state index contributed by atoms with van der Waals surface area (Å²) in [5.74, 6) is 0. The van der Waals surface area contributed by atoms with E-state index in [-0.39, 0.29) is 12.7 Å². The lowest BCUT2D eigenvalue weighted by molar-refractivity contribution is -0.159. The average molecular weight is 204 g/mol. The Hall–Kier alpha value is -0.750. The summed E-state index contributed by atoms with van der Waals surface area (Å²) >= 11 is 0.